The number of hydrogen-bond donors (Lipinski definition) is 1. The van der Waals surface area contributed by atoms with Crippen LogP contribution in [0.4, 0.5) is 13.2 Å². The predicted octanol–water partition coefficient (Wildman–Crippen LogP) is 2.80. The lowest BCUT2D eigenvalue weighted by atomic mass is 10.3. The number of nitrogens with zero attached hydrogens (tertiary/aromatic N) is 4. The van der Waals surface area contributed by atoms with Crippen LogP contribution in [0.3, 0.4) is 0 Å². The van der Waals surface area contributed by atoms with Gasteiger partial charge in [-0.25, -0.2) is 4.79 Å². The van der Waals surface area contributed by atoms with Gasteiger partial charge >= 0.3 is 12.1 Å². The van der Waals surface area contributed by atoms with Crippen LogP contribution in [0.15, 0.2) is 36.8 Å². The molecule has 2 aromatic rings. The number of aromatic nitrogens is 3. The highest BCUT2D eigenvalue weighted by molar-refractivity contribution is 5.77. The molecule has 9 nitrogen and oxygen atoms in total. The van der Waals surface area contributed by atoms with Crippen LogP contribution >= 0.6 is 0 Å². The third-order valence-electron chi connectivity index (χ3n) is 5.51. The monoisotopic (exact) mass is 484 g/mol. The molecule has 0 aromatic carbocycles. The second-order valence-corrected chi connectivity index (χ2v) is 8.09. The van der Waals surface area contributed by atoms with E-state index in [0.717, 1.165) is 24.1 Å². The number of amides is 1. The average molecular weight is 484 g/mol. The Balaban J connectivity index is 0.000000406. The highest BCUT2D eigenvalue weighted by Crippen LogP contribution is 2.21. The van der Waals surface area contributed by atoms with Crippen molar-refractivity contribution in [3.63, 3.8) is 0 Å². The van der Waals surface area contributed by atoms with E-state index in [9.17, 15) is 18.0 Å². The Morgan fingerprint density at radius 3 is 2.47 bits per heavy atom. The van der Waals surface area contributed by atoms with Crippen molar-refractivity contribution in [2.24, 2.45) is 0 Å². The Kier molecular flexibility index (Phi) is 8.99. The smallest absolute Gasteiger partial charge is 0.475 e. The van der Waals surface area contributed by atoms with Gasteiger partial charge in [0.15, 0.2) is 0 Å². The molecule has 0 radical (unpaired) electrons. The number of aliphatic carboxylic acids is 1. The van der Waals surface area contributed by atoms with Crippen molar-refractivity contribution in [3.05, 3.63) is 48.0 Å². The fourth-order valence-corrected chi connectivity index (χ4v) is 3.74. The molecular formula is C22H27F3N4O5. The largest absolute Gasteiger partial charge is 0.490 e. The van der Waals surface area contributed by atoms with E-state index in [1.807, 2.05) is 27.8 Å². The van der Waals surface area contributed by atoms with Crippen molar-refractivity contribution in [3.8, 4) is 0 Å². The number of carbonyl (C=O) groups is 2. The number of halogens is 3. The third kappa shape index (κ3) is 7.80. The Morgan fingerprint density at radius 1 is 1.09 bits per heavy atom. The van der Waals surface area contributed by atoms with Gasteiger partial charge in [0.25, 0.3) is 0 Å². The van der Waals surface area contributed by atoms with E-state index in [-0.39, 0.29) is 24.7 Å². The molecule has 0 bridgehead atoms. The summed E-state index contributed by atoms with van der Waals surface area (Å²) < 4.78 is 45.6. The van der Waals surface area contributed by atoms with Crippen LogP contribution in [0.1, 0.15) is 36.9 Å². The number of pyridine rings is 1. The summed E-state index contributed by atoms with van der Waals surface area (Å²) in [7, 11) is 0. The van der Waals surface area contributed by atoms with Crippen molar-refractivity contribution >= 4 is 11.9 Å². The highest BCUT2D eigenvalue weighted by atomic mass is 19.4. The summed E-state index contributed by atoms with van der Waals surface area (Å²) >= 11 is 0. The summed E-state index contributed by atoms with van der Waals surface area (Å²) in [5.74, 6) is -2.74. The number of carboxylic acids is 1. The molecule has 1 amide bonds. The first-order valence-corrected chi connectivity index (χ1v) is 10.9. The summed E-state index contributed by atoms with van der Waals surface area (Å²) in [6, 6.07) is 5.84. The maximum atomic E-state index is 12.8. The van der Waals surface area contributed by atoms with Gasteiger partial charge < -0.3 is 19.5 Å². The number of carbonyl (C=O) groups excluding carboxylic acids is 1. The van der Waals surface area contributed by atoms with Gasteiger partial charge in [0.2, 0.25) is 5.91 Å². The minimum atomic E-state index is -5.08. The van der Waals surface area contributed by atoms with E-state index >= 15 is 0 Å². The number of ether oxygens (including phenoxy) is 2. The van der Waals surface area contributed by atoms with Crippen LogP contribution in [0, 0.1) is 0 Å². The molecule has 1 saturated carbocycles. The molecule has 1 unspecified atom stereocenters. The maximum Gasteiger partial charge on any atom is 0.490 e. The molecule has 12 heteroatoms. The van der Waals surface area contributed by atoms with Crippen LogP contribution in [-0.2, 0) is 38.8 Å². The molecule has 2 aromatic heterocycles. The Bertz CT molecular complexity index is 932. The zero-order chi connectivity index (χ0) is 24.6. The van der Waals surface area contributed by atoms with Gasteiger partial charge in [0.1, 0.15) is 6.61 Å². The summed E-state index contributed by atoms with van der Waals surface area (Å²) in [4.78, 5) is 27.6. The molecule has 1 N–H and O–H groups in total. The summed E-state index contributed by atoms with van der Waals surface area (Å²) in [5.41, 5.74) is 2.04. The lowest BCUT2D eigenvalue weighted by Gasteiger charge is -2.25. The first-order valence-electron chi connectivity index (χ1n) is 10.9. The number of carboxylic acid groups (broad SMARTS) is 1. The topological polar surface area (TPSA) is 107 Å². The molecule has 0 saturated heterocycles. The van der Waals surface area contributed by atoms with Crippen LogP contribution in [0.2, 0.25) is 0 Å². The van der Waals surface area contributed by atoms with Crippen molar-refractivity contribution in [1.82, 2.24) is 19.7 Å². The molecule has 34 heavy (non-hydrogen) atoms. The summed E-state index contributed by atoms with van der Waals surface area (Å²) in [6.45, 7) is 2.33. The zero-order valence-electron chi connectivity index (χ0n) is 18.5. The van der Waals surface area contributed by atoms with Crippen molar-refractivity contribution in [2.75, 3.05) is 13.2 Å². The number of rotatable bonds is 6. The second kappa shape index (κ2) is 11.9. The van der Waals surface area contributed by atoms with Crippen LogP contribution in [0.5, 0.6) is 0 Å². The van der Waals surface area contributed by atoms with E-state index in [1.165, 1.54) is 12.8 Å². The second-order valence-electron chi connectivity index (χ2n) is 8.09. The number of alkyl halides is 3. The van der Waals surface area contributed by atoms with Gasteiger partial charge in [-0.2, -0.15) is 18.3 Å². The van der Waals surface area contributed by atoms with E-state index in [0.29, 0.717) is 26.2 Å². The minimum Gasteiger partial charge on any atom is -0.475 e. The molecule has 1 atom stereocenters. The number of fused-ring (bicyclic) bond motifs is 1. The zero-order valence-corrected chi connectivity index (χ0v) is 18.5. The fraction of sp³-hybridized carbons (Fsp3) is 0.545. The van der Waals surface area contributed by atoms with Crippen molar-refractivity contribution in [1.29, 1.82) is 0 Å². The molecule has 4 rings (SSSR count). The summed E-state index contributed by atoms with van der Waals surface area (Å²) in [6.07, 6.45) is 4.89. The molecular weight excluding hydrogens is 457 g/mol. The van der Waals surface area contributed by atoms with E-state index in [4.69, 9.17) is 19.4 Å². The van der Waals surface area contributed by atoms with E-state index in [2.05, 4.69) is 10.1 Å². The quantitative estimate of drug-likeness (QED) is 0.672. The Morgan fingerprint density at radius 2 is 1.82 bits per heavy atom. The molecule has 186 valence electrons. The fourth-order valence-electron chi connectivity index (χ4n) is 3.74. The van der Waals surface area contributed by atoms with E-state index in [1.54, 1.807) is 18.6 Å². The molecule has 0 spiro atoms. The number of hydrogen-bond acceptors (Lipinski definition) is 6. The van der Waals surface area contributed by atoms with Gasteiger partial charge in [-0.05, 0) is 30.5 Å². The Hall–Kier alpha value is -2.99. The van der Waals surface area contributed by atoms with Crippen LogP contribution in [0.25, 0.3) is 0 Å². The van der Waals surface area contributed by atoms with E-state index < -0.39 is 12.1 Å². The Labute approximate surface area is 194 Å². The molecule has 3 heterocycles. The SMILES string of the molecule is O=C(COC1CCCC1)N1Cc2ccnn2CC(OCc2cccnc2)C1.O=C(O)C(F)(F)F. The molecule has 2 aliphatic rings. The molecule has 1 fully saturated rings. The van der Waals surface area contributed by atoms with Crippen molar-refractivity contribution in [2.45, 2.75) is 63.8 Å². The van der Waals surface area contributed by atoms with Gasteiger partial charge in [-0.15, -0.1) is 0 Å². The average Bonchev–Trinajstić information content (AvgIpc) is 3.45. The maximum absolute atomic E-state index is 12.8. The lowest BCUT2D eigenvalue weighted by molar-refractivity contribution is -0.192. The predicted molar refractivity (Wildman–Crippen MR) is 112 cm³/mol. The van der Waals surface area contributed by atoms with Crippen molar-refractivity contribution < 1.29 is 37.3 Å². The standard InChI is InChI=1S/C20H26N4O3.C2HF3O2/c25-20(15-27-18-5-1-2-6-18)23-11-17-7-9-22-24(17)13-19(12-23)26-14-16-4-3-8-21-10-16;3-2(4,5)1(6)7/h3-4,7-10,18-19H,1-2,5-6,11-15H2;(H,6,7). The first-order chi connectivity index (χ1) is 16.2. The lowest BCUT2D eigenvalue weighted by Crippen LogP contribution is -2.39. The van der Waals surface area contributed by atoms with Crippen LogP contribution in [-0.4, -0.2) is 68.2 Å². The van der Waals surface area contributed by atoms with Gasteiger partial charge in [0.05, 0.1) is 37.6 Å². The molecule has 1 aliphatic heterocycles. The molecule has 1 aliphatic carbocycles. The van der Waals surface area contributed by atoms with Gasteiger partial charge in [-0.3, -0.25) is 14.5 Å². The first kappa shape index (κ1) is 25.6. The normalized spacial score (nSPS) is 18.6. The third-order valence-corrected chi connectivity index (χ3v) is 5.51. The highest BCUT2D eigenvalue weighted by Gasteiger charge is 2.38. The van der Waals surface area contributed by atoms with Gasteiger partial charge in [-0.1, -0.05) is 18.9 Å². The van der Waals surface area contributed by atoms with Crippen LogP contribution < -0.4 is 0 Å². The summed E-state index contributed by atoms with van der Waals surface area (Å²) in [5, 5.41) is 11.5. The van der Waals surface area contributed by atoms with Gasteiger partial charge in [0, 0.05) is 25.1 Å². The minimum absolute atomic E-state index is 0.0199.